The normalized spacial score (nSPS) is 17.3. The lowest BCUT2D eigenvalue weighted by Gasteiger charge is -2.32. The van der Waals surface area contributed by atoms with Gasteiger partial charge in [-0.05, 0) is 48.8 Å². The van der Waals surface area contributed by atoms with Crippen molar-refractivity contribution in [1.29, 1.82) is 5.26 Å². The van der Waals surface area contributed by atoms with Crippen LogP contribution in [0.25, 0.3) is 0 Å². The number of para-hydroxylation sites is 1. The molecule has 142 valence electrons. The van der Waals surface area contributed by atoms with E-state index in [1.807, 2.05) is 34.1 Å². The Balaban J connectivity index is 1.38. The van der Waals surface area contributed by atoms with Crippen molar-refractivity contribution in [2.24, 2.45) is 5.92 Å². The smallest absolute Gasteiger partial charge is 0.266 e. The van der Waals surface area contributed by atoms with Crippen molar-refractivity contribution in [2.75, 3.05) is 24.5 Å². The zero-order valence-corrected chi connectivity index (χ0v) is 16.1. The molecule has 0 saturated carbocycles. The van der Waals surface area contributed by atoms with Crippen molar-refractivity contribution in [3.63, 3.8) is 0 Å². The molecule has 0 unspecified atom stereocenters. The molecule has 1 fully saturated rings. The summed E-state index contributed by atoms with van der Waals surface area (Å²) < 4.78 is 0. The molecule has 4 heteroatoms. The van der Waals surface area contributed by atoms with Crippen LogP contribution in [0.2, 0.25) is 0 Å². The number of benzene rings is 2. The number of hydrogen-bond donors (Lipinski definition) is 0. The topological polar surface area (TPSA) is 47.3 Å². The molecular formula is C24H25N3O. The molecule has 28 heavy (non-hydrogen) atoms. The molecule has 0 radical (unpaired) electrons. The third kappa shape index (κ3) is 3.94. The molecule has 1 saturated heterocycles. The van der Waals surface area contributed by atoms with Crippen LogP contribution in [0.5, 0.6) is 0 Å². The van der Waals surface area contributed by atoms with Gasteiger partial charge in [0.15, 0.2) is 0 Å². The Labute approximate surface area is 166 Å². The SMILES string of the molecule is N#C/C(=C/N1CCc2ccccc21)C(=O)N1CCC(Cc2ccccc2)CC1. The van der Waals surface area contributed by atoms with Crippen LogP contribution in [0.1, 0.15) is 24.0 Å². The molecule has 4 nitrogen and oxygen atoms in total. The maximum absolute atomic E-state index is 12.9. The first-order valence-corrected chi connectivity index (χ1v) is 10.0. The number of fused-ring (bicyclic) bond motifs is 1. The molecule has 2 heterocycles. The maximum Gasteiger partial charge on any atom is 0.266 e. The average Bonchev–Trinajstić information content (AvgIpc) is 3.16. The molecule has 2 aliphatic heterocycles. The van der Waals surface area contributed by atoms with Crippen LogP contribution in [0.15, 0.2) is 66.4 Å². The lowest BCUT2D eigenvalue weighted by molar-refractivity contribution is -0.128. The zero-order valence-electron chi connectivity index (χ0n) is 16.1. The molecule has 0 spiro atoms. The van der Waals surface area contributed by atoms with Gasteiger partial charge in [0.2, 0.25) is 0 Å². The predicted molar refractivity (Wildman–Crippen MR) is 111 cm³/mol. The molecule has 4 rings (SSSR count). The number of rotatable bonds is 4. The summed E-state index contributed by atoms with van der Waals surface area (Å²) in [5, 5.41) is 9.59. The van der Waals surface area contributed by atoms with E-state index in [1.165, 1.54) is 11.1 Å². The van der Waals surface area contributed by atoms with E-state index in [4.69, 9.17) is 0 Å². The lowest BCUT2D eigenvalue weighted by Crippen LogP contribution is -2.39. The second-order valence-electron chi connectivity index (χ2n) is 7.65. The quantitative estimate of drug-likeness (QED) is 0.604. The van der Waals surface area contributed by atoms with Crippen LogP contribution >= 0.6 is 0 Å². The summed E-state index contributed by atoms with van der Waals surface area (Å²) in [6.45, 7) is 2.27. The number of carbonyl (C=O) groups is 1. The Kier molecular flexibility index (Phi) is 5.43. The third-order valence-electron chi connectivity index (χ3n) is 5.83. The number of hydrogen-bond acceptors (Lipinski definition) is 3. The van der Waals surface area contributed by atoms with Crippen LogP contribution in [0.3, 0.4) is 0 Å². The fourth-order valence-electron chi connectivity index (χ4n) is 4.24. The van der Waals surface area contributed by atoms with Crippen LogP contribution in [-0.2, 0) is 17.6 Å². The summed E-state index contributed by atoms with van der Waals surface area (Å²) in [5.74, 6) is 0.469. The maximum atomic E-state index is 12.9. The molecule has 0 aromatic heterocycles. The van der Waals surface area contributed by atoms with Crippen molar-refractivity contribution in [3.8, 4) is 6.07 Å². The van der Waals surface area contributed by atoms with E-state index in [-0.39, 0.29) is 11.5 Å². The highest BCUT2D eigenvalue weighted by atomic mass is 16.2. The highest BCUT2D eigenvalue weighted by Crippen LogP contribution is 2.28. The molecule has 1 amide bonds. The summed E-state index contributed by atoms with van der Waals surface area (Å²) in [6.07, 6.45) is 5.74. The van der Waals surface area contributed by atoms with E-state index in [0.717, 1.165) is 51.0 Å². The van der Waals surface area contributed by atoms with E-state index >= 15 is 0 Å². The van der Waals surface area contributed by atoms with Gasteiger partial charge in [-0.2, -0.15) is 5.26 Å². The standard InChI is InChI=1S/C24H25N3O/c25-17-22(18-27-15-12-21-8-4-5-9-23(21)27)24(28)26-13-10-20(11-14-26)16-19-6-2-1-3-7-19/h1-9,18,20H,10-16H2/b22-18-. The van der Waals surface area contributed by atoms with Crippen LogP contribution in [0.4, 0.5) is 5.69 Å². The Morgan fingerprint density at radius 3 is 2.50 bits per heavy atom. The Morgan fingerprint density at radius 2 is 1.75 bits per heavy atom. The molecule has 0 N–H and O–H groups in total. The summed E-state index contributed by atoms with van der Waals surface area (Å²) in [4.78, 5) is 16.8. The lowest BCUT2D eigenvalue weighted by atomic mass is 9.90. The Morgan fingerprint density at radius 1 is 1.04 bits per heavy atom. The van der Waals surface area contributed by atoms with Crippen LogP contribution < -0.4 is 4.90 Å². The fraction of sp³-hybridized carbons (Fsp3) is 0.333. The number of nitrogens with zero attached hydrogens (tertiary/aromatic N) is 3. The first-order valence-electron chi connectivity index (χ1n) is 10.0. The van der Waals surface area contributed by atoms with Crippen LogP contribution in [0, 0.1) is 17.2 Å². The summed E-state index contributed by atoms with van der Waals surface area (Å²) in [6, 6.07) is 20.9. The molecule has 0 atom stereocenters. The Hall–Kier alpha value is -3.06. The highest BCUT2D eigenvalue weighted by Gasteiger charge is 2.26. The molecule has 0 aliphatic carbocycles. The molecule has 2 aromatic carbocycles. The largest absolute Gasteiger partial charge is 0.346 e. The first kappa shape index (κ1) is 18.3. The minimum absolute atomic E-state index is 0.134. The minimum Gasteiger partial charge on any atom is -0.346 e. The van der Waals surface area contributed by atoms with Crippen LogP contribution in [-0.4, -0.2) is 30.4 Å². The predicted octanol–water partition coefficient (Wildman–Crippen LogP) is 3.94. The summed E-state index contributed by atoms with van der Waals surface area (Å²) in [7, 11) is 0. The monoisotopic (exact) mass is 371 g/mol. The number of carbonyl (C=O) groups excluding carboxylic acids is 1. The van der Waals surface area contributed by atoms with E-state index in [0.29, 0.717) is 5.92 Å². The third-order valence-corrected chi connectivity index (χ3v) is 5.83. The average molecular weight is 371 g/mol. The van der Waals surface area contributed by atoms with Gasteiger partial charge in [-0.1, -0.05) is 48.5 Å². The van der Waals surface area contributed by atoms with Crippen molar-refractivity contribution in [1.82, 2.24) is 4.90 Å². The second kappa shape index (κ2) is 8.31. The van der Waals surface area contributed by atoms with E-state index in [9.17, 15) is 10.1 Å². The number of anilines is 1. The number of nitriles is 1. The van der Waals surface area contributed by atoms with Crippen molar-refractivity contribution >= 4 is 11.6 Å². The number of amides is 1. The summed E-state index contributed by atoms with van der Waals surface area (Å²) in [5.41, 5.74) is 3.96. The molecule has 2 aromatic rings. The van der Waals surface area contributed by atoms with Gasteiger partial charge in [-0.15, -0.1) is 0 Å². The fourth-order valence-corrected chi connectivity index (χ4v) is 4.24. The van der Waals surface area contributed by atoms with E-state index in [2.05, 4.69) is 36.4 Å². The van der Waals surface area contributed by atoms with Crippen molar-refractivity contribution in [3.05, 3.63) is 77.5 Å². The van der Waals surface area contributed by atoms with Crippen molar-refractivity contribution < 1.29 is 4.79 Å². The minimum atomic E-state index is -0.134. The van der Waals surface area contributed by atoms with Gasteiger partial charge in [0.25, 0.3) is 5.91 Å². The van der Waals surface area contributed by atoms with Gasteiger partial charge >= 0.3 is 0 Å². The molecule has 2 aliphatic rings. The van der Waals surface area contributed by atoms with Gasteiger partial charge in [0, 0.05) is 31.5 Å². The Bertz CT molecular complexity index is 905. The first-order chi connectivity index (χ1) is 13.7. The van der Waals surface area contributed by atoms with Gasteiger partial charge in [0.1, 0.15) is 11.6 Å². The number of likely N-dealkylation sites (tertiary alicyclic amines) is 1. The van der Waals surface area contributed by atoms with E-state index in [1.54, 1.807) is 6.20 Å². The van der Waals surface area contributed by atoms with E-state index < -0.39 is 0 Å². The molecule has 0 bridgehead atoms. The van der Waals surface area contributed by atoms with Gasteiger partial charge in [-0.3, -0.25) is 4.79 Å². The van der Waals surface area contributed by atoms with Gasteiger partial charge < -0.3 is 9.80 Å². The highest BCUT2D eigenvalue weighted by molar-refractivity contribution is 5.97. The zero-order chi connectivity index (χ0) is 19.3. The second-order valence-corrected chi connectivity index (χ2v) is 7.65. The van der Waals surface area contributed by atoms with Gasteiger partial charge in [-0.25, -0.2) is 0 Å². The van der Waals surface area contributed by atoms with Crippen molar-refractivity contribution in [2.45, 2.75) is 25.7 Å². The number of piperidine rings is 1. The summed E-state index contributed by atoms with van der Waals surface area (Å²) >= 11 is 0. The van der Waals surface area contributed by atoms with Gasteiger partial charge in [0.05, 0.1) is 0 Å². The molecular weight excluding hydrogens is 346 g/mol.